The summed E-state index contributed by atoms with van der Waals surface area (Å²) in [4.78, 5) is 0. The summed E-state index contributed by atoms with van der Waals surface area (Å²) in [6, 6.07) is 7.14. The lowest BCUT2D eigenvalue weighted by Crippen LogP contribution is -1.96. The van der Waals surface area contributed by atoms with Crippen LogP contribution < -0.4 is 0 Å². The Morgan fingerprint density at radius 3 is 2.75 bits per heavy atom. The number of aliphatic hydroxyl groups excluding tert-OH is 1. The van der Waals surface area contributed by atoms with Gasteiger partial charge in [-0.25, -0.2) is 0 Å². The van der Waals surface area contributed by atoms with Gasteiger partial charge in [0.05, 0.1) is 6.10 Å². The van der Waals surface area contributed by atoms with Gasteiger partial charge in [0.2, 0.25) is 0 Å². The lowest BCUT2D eigenvalue weighted by Gasteiger charge is -2.08. The molecule has 2 heteroatoms. The second kappa shape index (κ2) is 4.15. The fraction of sp³-hybridized carbons (Fsp3) is 0.200. The van der Waals surface area contributed by atoms with Gasteiger partial charge in [0, 0.05) is 17.0 Å². The Morgan fingerprint density at radius 1 is 1.50 bits per heavy atom. The van der Waals surface area contributed by atoms with Crippen LogP contribution in [0.4, 0.5) is 0 Å². The zero-order valence-corrected chi connectivity index (χ0v) is 7.25. The molecule has 1 unspecified atom stereocenters. The highest BCUT2D eigenvalue weighted by atomic mass is 35.5. The molecule has 1 aromatic rings. The van der Waals surface area contributed by atoms with Gasteiger partial charge >= 0.3 is 0 Å². The SMILES string of the molecule is C#CCC(O)c1ccccc1Cl. The molecule has 62 valence electrons. The monoisotopic (exact) mass is 180 g/mol. The van der Waals surface area contributed by atoms with Crippen molar-refractivity contribution in [3.8, 4) is 12.3 Å². The summed E-state index contributed by atoms with van der Waals surface area (Å²) in [5.41, 5.74) is 0.692. The second-order valence-electron chi connectivity index (χ2n) is 2.45. The molecule has 0 saturated heterocycles. The van der Waals surface area contributed by atoms with Crippen molar-refractivity contribution in [1.29, 1.82) is 0 Å². The zero-order valence-electron chi connectivity index (χ0n) is 6.50. The van der Waals surface area contributed by atoms with Crippen LogP contribution in [0.15, 0.2) is 24.3 Å². The molecule has 0 heterocycles. The predicted octanol–water partition coefficient (Wildman–Crippen LogP) is 2.40. The Hall–Kier alpha value is -0.970. The molecule has 0 spiro atoms. The molecular weight excluding hydrogens is 172 g/mol. The average molecular weight is 181 g/mol. The van der Waals surface area contributed by atoms with E-state index in [9.17, 15) is 5.11 Å². The van der Waals surface area contributed by atoms with Gasteiger partial charge in [-0.05, 0) is 6.07 Å². The molecule has 0 radical (unpaired) electrons. The average Bonchev–Trinajstić information content (AvgIpc) is 2.05. The van der Waals surface area contributed by atoms with Gasteiger partial charge in [0.25, 0.3) is 0 Å². The maximum Gasteiger partial charge on any atom is 0.0913 e. The van der Waals surface area contributed by atoms with Crippen molar-refractivity contribution in [3.63, 3.8) is 0 Å². The molecule has 1 N–H and O–H groups in total. The van der Waals surface area contributed by atoms with Crippen molar-refractivity contribution in [3.05, 3.63) is 34.9 Å². The molecule has 0 bridgehead atoms. The zero-order chi connectivity index (χ0) is 8.97. The molecule has 0 aliphatic rings. The first kappa shape index (κ1) is 9.12. The summed E-state index contributed by atoms with van der Waals surface area (Å²) >= 11 is 5.83. The molecule has 12 heavy (non-hydrogen) atoms. The highest BCUT2D eigenvalue weighted by Gasteiger charge is 2.08. The number of benzene rings is 1. The van der Waals surface area contributed by atoms with Crippen molar-refractivity contribution in [1.82, 2.24) is 0 Å². The third kappa shape index (κ3) is 2.01. The van der Waals surface area contributed by atoms with Crippen molar-refractivity contribution < 1.29 is 5.11 Å². The Bertz CT molecular complexity index is 301. The maximum absolute atomic E-state index is 9.47. The van der Waals surface area contributed by atoms with E-state index in [-0.39, 0.29) is 0 Å². The number of aliphatic hydroxyl groups is 1. The summed E-state index contributed by atoms with van der Waals surface area (Å²) in [6.45, 7) is 0. The molecule has 1 atom stereocenters. The van der Waals surface area contributed by atoms with Crippen LogP contribution in [-0.2, 0) is 0 Å². The van der Waals surface area contributed by atoms with E-state index >= 15 is 0 Å². The quantitative estimate of drug-likeness (QED) is 0.693. The van der Waals surface area contributed by atoms with Gasteiger partial charge in [0.15, 0.2) is 0 Å². The topological polar surface area (TPSA) is 20.2 Å². The van der Waals surface area contributed by atoms with Crippen molar-refractivity contribution in [2.24, 2.45) is 0 Å². The van der Waals surface area contributed by atoms with E-state index in [0.29, 0.717) is 17.0 Å². The van der Waals surface area contributed by atoms with Crippen LogP contribution in [-0.4, -0.2) is 5.11 Å². The third-order valence-corrected chi connectivity index (χ3v) is 1.92. The lowest BCUT2D eigenvalue weighted by atomic mass is 10.1. The van der Waals surface area contributed by atoms with Crippen LogP contribution in [0.5, 0.6) is 0 Å². The molecule has 0 aliphatic heterocycles. The minimum atomic E-state index is -0.649. The van der Waals surface area contributed by atoms with Crippen LogP contribution >= 0.6 is 11.6 Å². The van der Waals surface area contributed by atoms with Crippen LogP contribution in [0.25, 0.3) is 0 Å². The van der Waals surface area contributed by atoms with Crippen molar-refractivity contribution >= 4 is 11.6 Å². The van der Waals surface area contributed by atoms with E-state index in [0.717, 1.165) is 0 Å². The molecule has 1 nitrogen and oxygen atoms in total. The van der Waals surface area contributed by atoms with Gasteiger partial charge in [-0.15, -0.1) is 12.3 Å². The van der Waals surface area contributed by atoms with E-state index in [1.807, 2.05) is 12.1 Å². The Morgan fingerprint density at radius 2 is 2.17 bits per heavy atom. The number of hydrogen-bond acceptors (Lipinski definition) is 1. The van der Waals surface area contributed by atoms with Crippen LogP contribution in [0.3, 0.4) is 0 Å². The van der Waals surface area contributed by atoms with Gasteiger partial charge in [0.1, 0.15) is 0 Å². The Labute approximate surface area is 77.0 Å². The first-order valence-electron chi connectivity index (χ1n) is 3.61. The van der Waals surface area contributed by atoms with Gasteiger partial charge < -0.3 is 5.11 Å². The summed E-state index contributed by atoms with van der Waals surface area (Å²) in [7, 11) is 0. The van der Waals surface area contributed by atoms with Crippen LogP contribution in [0, 0.1) is 12.3 Å². The first-order valence-corrected chi connectivity index (χ1v) is 3.99. The third-order valence-electron chi connectivity index (χ3n) is 1.58. The van der Waals surface area contributed by atoms with Gasteiger partial charge in [-0.2, -0.15) is 0 Å². The number of rotatable bonds is 2. The standard InChI is InChI=1S/C10H9ClO/c1-2-5-10(12)8-6-3-4-7-9(8)11/h1,3-4,6-7,10,12H,5H2. The molecule has 0 amide bonds. The number of terminal acetylenes is 1. The van der Waals surface area contributed by atoms with E-state index < -0.39 is 6.10 Å². The molecule has 0 saturated carbocycles. The molecule has 0 aromatic heterocycles. The lowest BCUT2D eigenvalue weighted by molar-refractivity contribution is 0.184. The molecule has 0 aliphatic carbocycles. The minimum absolute atomic E-state index is 0.295. The van der Waals surface area contributed by atoms with Gasteiger partial charge in [-0.3, -0.25) is 0 Å². The molecule has 1 aromatic carbocycles. The normalized spacial score (nSPS) is 12.1. The summed E-state index contributed by atoms with van der Waals surface area (Å²) in [5.74, 6) is 2.38. The van der Waals surface area contributed by atoms with E-state index in [1.54, 1.807) is 12.1 Å². The fourth-order valence-electron chi connectivity index (χ4n) is 0.967. The number of hydrogen-bond donors (Lipinski definition) is 1. The minimum Gasteiger partial charge on any atom is -0.387 e. The smallest absolute Gasteiger partial charge is 0.0913 e. The van der Waals surface area contributed by atoms with E-state index in [1.165, 1.54) is 0 Å². The van der Waals surface area contributed by atoms with Crippen LogP contribution in [0.2, 0.25) is 5.02 Å². The Kier molecular flexibility index (Phi) is 3.16. The Balaban J connectivity index is 2.88. The molecular formula is C10H9ClO. The van der Waals surface area contributed by atoms with Crippen molar-refractivity contribution in [2.75, 3.05) is 0 Å². The van der Waals surface area contributed by atoms with E-state index in [2.05, 4.69) is 5.92 Å². The summed E-state index contributed by atoms with van der Waals surface area (Å²) in [5, 5.41) is 10.0. The second-order valence-corrected chi connectivity index (χ2v) is 2.85. The fourth-order valence-corrected chi connectivity index (χ4v) is 1.23. The highest BCUT2D eigenvalue weighted by Crippen LogP contribution is 2.23. The summed E-state index contributed by atoms with van der Waals surface area (Å²) < 4.78 is 0. The van der Waals surface area contributed by atoms with E-state index in [4.69, 9.17) is 18.0 Å². The van der Waals surface area contributed by atoms with Gasteiger partial charge in [-0.1, -0.05) is 29.8 Å². The number of halogens is 1. The van der Waals surface area contributed by atoms with Crippen LogP contribution in [0.1, 0.15) is 18.1 Å². The molecule has 1 rings (SSSR count). The maximum atomic E-state index is 9.47. The highest BCUT2D eigenvalue weighted by molar-refractivity contribution is 6.31. The summed E-state index contributed by atoms with van der Waals surface area (Å²) in [6.07, 6.45) is 4.71. The van der Waals surface area contributed by atoms with Crippen molar-refractivity contribution in [2.45, 2.75) is 12.5 Å². The molecule has 0 fully saturated rings. The predicted molar refractivity (Wildman–Crippen MR) is 49.9 cm³/mol. The first-order chi connectivity index (χ1) is 5.75. The largest absolute Gasteiger partial charge is 0.387 e.